The first kappa shape index (κ1) is 16.9. The molecule has 0 bridgehead atoms. The van der Waals surface area contributed by atoms with Gasteiger partial charge in [0.1, 0.15) is 10.4 Å². The second-order valence-corrected chi connectivity index (χ2v) is 8.94. The molecular formula is C20H23NO3S. The maximum Gasteiger partial charge on any atom is 0.169 e. The first-order valence-corrected chi connectivity index (χ1v) is 10.3. The number of ether oxygens (including phenoxy) is 1. The van der Waals surface area contributed by atoms with Crippen LogP contribution in [0.15, 0.2) is 60.7 Å². The standard InChI is InChI=1S/C20H23NO3S/c22-25(23)20(17-9-5-2-6-10-17)18(13-21(25)19-11-12-19)15-24-14-16-7-3-1-4-8-16/h1-10,18-20H,11-15H2/t18-,20-/m0/s1. The summed E-state index contributed by atoms with van der Waals surface area (Å²) in [4.78, 5) is 0. The Morgan fingerprint density at radius 3 is 2.32 bits per heavy atom. The summed E-state index contributed by atoms with van der Waals surface area (Å²) in [6, 6.07) is 19.8. The highest BCUT2D eigenvalue weighted by atomic mass is 32.3. The quantitative estimate of drug-likeness (QED) is 0.743. The van der Waals surface area contributed by atoms with Crippen molar-refractivity contribution in [3.05, 3.63) is 71.8 Å². The summed E-state index contributed by atoms with van der Waals surface area (Å²) in [5.41, 5.74) is 1.98. The summed E-state index contributed by atoms with van der Waals surface area (Å²) >= 11 is 0. The van der Waals surface area contributed by atoms with Gasteiger partial charge in [-0.1, -0.05) is 64.9 Å². The first-order chi connectivity index (χ1) is 12.2. The normalized spacial score (nSPS) is 29.8. The average Bonchev–Trinajstić information content (AvgIpc) is 3.42. The largest absolute Gasteiger partial charge is 0.597 e. The third-order valence-electron chi connectivity index (χ3n) is 5.02. The minimum absolute atomic E-state index is 0.0308. The number of sulfonamides is 1. The first-order valence-electron chi connectivity index (χ1n) is 8.83. The minimum Gasteiger partial charge on any atom is -0.597 e. The van der Waals surface area contributed by atoms with Crippen molar-refractivity contribution in [2.45, 2.75) is 30.7 Å². The van der Waals surface area contributed by atoms with Crippen molar-refractivity contribution in [3.63, 3.8) is 0 Å². The van der Waals surface area contributed by atoms with E-state index in [1.807, 2.05) is 60.7 Å². The molecule has 0 aromatic heterocycles. The third kappa shape index (κ3) is 3.55. The summed E-state index contributed by atoms with van der Waals surface area (Å²) in [7, 11) is -3.31. The van der Waals surface area contributed by atoms with E-state index in [2.05, 4.69) is 0 Å². The van der Waals surface area contributed by atoms with Crippen molar-refractivity contribution in [2.24, 2.45) is 5.92 Å². The Balaban J connectivity index is 1.51. The number of nitrogens with zero attached hydrogens (tertiary/aromatic N) is 1. The van der Waals surface area contributed by atoms with Gasteiger partial charge in [-0.2, -0.15) is 0 Å². The molecule has 2 aromatic rings. The highest BCUT2D eigenvalue weighted by Crippen LogP contribution is 2.48. The number of hydrogen-bond donors (Lipinski definition) is 0. The third-order valence-corrected chi connectivity index (χ3v) is 7.42. The molecule has 4 nitrogen and oxygen atoms in total. The van der Waals surface area contributed by atoms with Crippen LogP contribution in [0, 0.1) is 5.92 Å². The van der Waals surface area contributed by atoms with Crippen LogP contribution in [0.25, 0.3) is 0 Å². The molecule has 1 saturated heterocycles. The van der Waals surface area contributed by atoms with Crippen molar-refractivity contribution in [2.75, 3.05) is 13.2 Å². The SMILES string of the molecule is O=[S+]1([O-])[C@@H](c2ccccc2)[C@H](COCc2ccccc2)CN1C1CC1. The molecular weight excluding hydrogens is 334 g/mol. The molecule has 0 spiro atoms. The van der Waals surface area contributed by atoms with E-state index in [1.54, 1.807) is 4.31 Å². The van der Waals surface area contributed by atoms with Gasteiger partial charge in [0, 0.05) is 5.56 Å². The summed E-state index contributed by atoms with van der Waals surface area (Å²) in [5.74, 6) is -0.0308. The van der Waals surface area contributed by atoms with E-state index in [1.165, 1.54) is 0 Å². The van der Waals surface area contributed by atoms with Crippen molar-refractivity contribution in [3.8, 4) is 0 Å². The topological polar surface area (TPSA) is 52.6 Å². The molecule has 132 valence electrons. The lowest BCUT2D eigenvalue weighted by molar-refractivity contribution is 0.0846. The van der Waals surface area contributed by atoms with E-state index in [9.17, 15) is 8.76 Å². The van der Waals surface area contributed by atoms with Gasteiger partial charge in [-0.3, -0.25) is 0 Å². The van der Waals surface area contributed by atoms with Crippen LogP contribution in [-0.2, 0) is 26.0 Å². The second kappa shape index (κ2) is 7.00. The molecule has 5 heteroatoms. The highest BCUT2D eigenvalue weighted by molar-refractivity contribution is 7.95. The molecule has 1 unspecified atom stereocenters. The highest BCUT2D eigenvalue weighted by Gasteiger charge is 2.56. The van der Waals surface area contributed by atoms with Crippen LogP contribution < -0.4 is 0 Å². The van der Waals surface area contributed by atoms with E-state index >= 15 is 0 Å². The summed E-state index contributed by atoms with van der Waals surface area (Å²) < 4.78 is 33.8. The average molecular weight is 357 g/mol. The van der Waals surface area contributed by atoms with Gasteiger partial charge < -0.3 is 9.29 Å². The number of hydrogen-bond acceptors (Lipinski definition) is 3. The lowest BCUT2D eigenvalue weighted by Crippen LogP contribution is -2.34. The zero-order chi connectivity index (χ0) is 17.3. The number of rotatable bonds is 6. The van der Waals surface area contributed by atoms with Gasteiger partial charge in [0.15, 0.2) is 5.25 Å². The van der Waals surface area contributed by atoms with E-state index in [4.69, 9.17) is 4.74 Å². The van der Waals surface area contributed by atoms with Crippen LogP contribution in [0.2, 0.25) is 0 Å². The Morgan fingerprint density at radius 1 is 1.04 bits per heavy atom. The Bertz CT molecular complexity index is 748. The maximum absolute atomic E-state index is 13.1. The van der Waals surface area contributed by atoms with E-state index < -0.39 is 15.6 Å². The zero-order valence-corrected chi connectivity index (χ0v) is 14.9. The predicted octanol–water partition coefficient (Wildman–Crippen LogP) is 3.58. The number of benzene rings is 2. The van der Waals surface area contributed by atoms with Gasteiger partial charge in [0.2, 0.25) is 0 Å². The van der Waals surface area contributed by atoms with Crippen LogP contribution in [0.1, 0.15) is 29.2 Å². The molecule has 25 heavy (non-hydrogen) atoms. The molecule has 3 atom stereocenters. The Kier molecular flexibility index (Phi) is 4.73. The van der Waals surface area contributed by atoms with Crippen molar-refractivity contribution in [1.82, 2.24) is 4.31 Å². The van der Waals surface area contributed by atoms with Gasteiger partial charge in [-0.25, -0.2) is 0 Å². The van der Waals surface area contributed by atoms with Crippen LogP contribution in [-0.4, -0.2) is 28.1 Å². The summed E-state index contributed by atoms with van der Waals surface area (Å²) in [6.07, 6.45) is 1.97. The van der Waals surface area contributed by atoms with Gasteiger partial charge >= 0.3 is 0 Å². The van der Waals surface area contributed by atoms with Gasteiger partial charge in [0.25, 0.3) is 0 Å². The fourth-order valence-electron chi connectivity index (χ4n) is 3.67. The van der Waals surface area contributed by atoms with Gasteiger partial charge in [-0.15, -0.1) is 4.31 Å². The fraction of sp³-hybridized carbons (Fsp3) is 0.400. The molecule has 2 aliphatic rings. The molecule has 1 saturated carbocycles. The molecule has 2 aromatic carbocycles. The molecule has 0 N–H and O–H groups in total. The van der Waals surface area contributed by atoms with Gasteiger partial charge in [0.05, 0.1) is 31.7 Å². The molecule has 0 radical (unpaired) electrons. The van der Waals surface area contributed by atoms with Crippen LogP contribution in [0.3, 0.4) is 0 Å². The lowest BCUT2D eigenvalue weighted by atomic mass is 9.99. The molecule has 0 amide bonds. The molecule has 4 rings (SSSR count). The van der Waals surface area contributed by atoms with Crippen molar-refractivity contribution >= 4 is 10.4 Å². The fourth-order valence-corrected chi connectivity index (χ4v) is 6.14. The minimum atomic E-state index is -3.31. The monoisotopic (exact) mass is 357 g/mol. The van der Waals surface area contributed by atoms with E-state index in [-0.39, 0.29) is 12.0 Å². The molecule has 1 aliphatic heterocycles. The van der Waals surface area contributed by atoms with Crippen LogP contribution >= 0.6 is 0 Å². The Hall–Kier alpha value is -1.53. The second-order valence-electron chi connectivity index (χ2n) is 6.94. The van der Waals surface area contributed by atoms with Crippen molar-refractivity contribution < 1.29 is 13.5 Å². The smallest absolute Gasteiger partial charge is 0.169 e. The summed E-state index contributed by atoms with van der Waals surface area (Å²) in [5, 5.41) is -0.495. The molecule has 2 fully saturated rings. The Morgan fingerprint density at radius 2 is 1.68 bits per heavy atom. The lowest BCUT2D eigenvalue weighted by Gasteiger charge is -2.25. The van der Waals surface area contributed by atoms with E-state index in [0.717, 1.165) is 24.0 Å². The molecule has 1 aliphatic carbocycles. The summed E-state index contributed by atoms with van der Waals surface area (Å²) in [6.45, 7) is 1.54. The van der Waals surface area contributed by atoms with Crippen LogP contribution in [0.5, 0.6) is 0 Å². The van der Waals surface area contributed by atoms with Crippen LogP contribution in [0.4, 0.5) is 0 Å². The van der Waals surface area contributed by atoms with E-state index in [0.29, 0.717) is 19.8 Å². The Labute approximate surface area is 150 Å². The molecule has 1 heterocycles. The van der Waals surface area contributed by atoms with Crippen molar-refractivity contribution in [1.29, 1.82) is 0 Å². The predicted molar refractivity (Wildman–Crippen MR) is 97.3 cm³/mol. The van der Waals surface area contributed by atoms with Gasteiger partial charge in [-0.05, 0) is 18.4 Å². The maximum atomic E-state index is 13.1. The zero-order valence-electron chi connectivity index (χ0n) is 14.1.